The summed E-state index contributed by atoms with van der Waals surface area (Å²) in [4.78, 5) is 0. The fourth-order valence-corrected chi connectivity index (χ4v) is 3.41. The van der Waals surface area contributed by atoms with Gasteiger partial charge in [-0.15, -0.1) is 0 Å². The topological polar surface area (TPSA) is 86.6 Å². The van der Waals surface area contributed by atoms with Gasteiger partial charge in [-0.25, -0.2) is 8.42 Å². The van der Waals surface area contributed by atoms with Crippen molar-refractivity contribution in [2.45, 2.75) is 12.5 Å². The number of aliphatic hydroxyl groups excluding tert-OH is 2. The van der Waals surface area contributed by atoms with Gasteiger partial charge in [0.2, 0.25) is 0 Å². The van der Waals surface area contributed by atoms with Crippen molar-refractivity contribution in [2.75, 3.05) is 31.2 Å². The first kappa shape index (κ1) is 11.9. The third-order valence-corrected chi connectivity index (χ3v) is 4.19. The van der Waals surface area contributed by atoms with Gasteiger partial charge in [0.1, 0.15) is 0 Å². The summed E-state index contributed by atoms with van der Waals surface area (Å²) in [5, 5.41) is 20.5. The van der Waals surface area contributed by atoms with Gasteiger partial charge in [-0.3, -0.25) is 0 Å². The molecule has 0 aromatic carbocycles. The Morgan fingerprint density at radius 1 is 1.50 bits per heavy atom. The van der Waals surface area contributed by atoms with Gasteiger partial charge in [0.25, 0.3) is 0 Å². The lowest BCUT2D eigenvalue weighted by Gasteiger charge is -2.11. The average molecular weight is 223 g/mol. The summed E-state index contributed by atoms with van der Waals surface area (Å²) in [6.45, 7) is 0.638. The zero-order valence-electron chi connectivity index (χ0n) is 8.02. The lowest BCUT2D eigenvalue weighted by Crippen LogP contribution is -2.33. The van der Waals surface area contributed by atoms with Crippen molar-refractivity contribution in [1.29, 1.82) is 0 Å². The van der Waals surface area contributed by atoms with E-state index in [-0.39, 0.29) is 24.0 Å². The Hall–Kier alpha value is -0.170. The monoisotopic (exact) mass is 223 g/mol. The van der Waals surface area contributed by atoms with Crippen molar-refractivity contribution < 1.29 is 18.6 Å². The fourth-order valence-electron chi connectivity index (χ4n) is 1.55. The molecule has 0 aliphatic carbocycles. The van der Waals surface area contributed by atoms with Gasteiger partial charge in [0.05, 0.1) is 24.2 Å². The Balaban J connectivity index is 2.15. The molecule has 0 amide bonds. The molecule has 1 aliphatic heterocycles. The molecular weight excluding hydrogens is 206 g/mol. The average Bonchev–Trinajstić information content (AvgIpc) is 2.45. The molecule has 14 heavy (non-hydrogen) atoms. The minimum absolute atomic E-state index is 0.158. The first-order valence-electron chi connectivity index (χ1n) is 4.73. The van der Waals surface area contributed by atoms with E-state index in [4.69, 9.17) is 10.2 Å². The molecule has 1 aliphatic rings. The van der Waals surface area contributed by atoms with E-state index in [0.29, 0.717) is 19.5 Å². The molecule has 84 valence electrons. The largest absolute Gasteiger partial charge is 0.394 e. The molecule has 1 fully saturated rings. The van der Waals surface area contributed by atoms with Crippen LogP contribution in [0, 0.1) is 5.92 Å². The number of hydrogen-bond donors (Lipinski definition) is 3. The van der Waals surface area contributed by atoms with Crippen LogP contribution in [0.25, 0.3) is 0 Å². The zero-order valence-corrected chi connectivity index (χ0v) is 8.83. The van der Waals surface area contributed by atoms with Crippen molar-refractivity contribution in [2.24, 2.45) is 5.92 Å². The highest BCUT2D eigenvalue weighted by Gasteiger charge is 2.27. The molecule has 0 aromatic heterocycles. The second-order valence-electron chi connectivity index (χ2n) is 3.76. The quantitative estimate of drug-likeness (QED) is 0.520. The smallest absolute Gasteiger partial charge is 0.150 e. The van der Waals surface area contributed by atoms with E-state index in [1.54, 1.807) is 0 Å². The summed E-state index contributed by atoms with van der Waals surface area (Å²) < 4.78 is 22.2. The molecule has 0 bridgehead atoms. The van der Waals surface area contributed by atoms with E-state index in [9.17, 15) is 8.42 Å². The van der Waals surface area contributed by atoms with Gasteiger partial charge in [-0.1, -0.05) is 0 Å². The van der Waals surface area contributed by atoms with Gasteiger partial charge in [-0.05, 0) is 18.9 Å². The number of aliphatic hydroxyl groups is 2. The summed E-state index contributed by atoms with van der Waals surface area (Å²) in [6.07, 6.45) is -0.0575. The fraction of sp³-hybridized carbons (Fsp3) is 1.00. The molecule has 6 heteroatoms. The minimum atomic E-state index is -2.80. The summed E-state index contributed by atoms with van der Waals surface area (Å²) in [7, 11) is -2.80. The Morgan fingerprint density at radius 3 is 2.71 bits per heavy atom. The highest BCUT2D eigenvalue weighted by molar-refractivity contribution is 7.91. The Kier molecular flexibility index (Phi) is 4.31. The number of sulfone groups is 1. The summed E-state index contributed by atoms with van der Waals surface area (Å²) in [5.41, 5.74) is 0. The molecule has 3 N–H and O–H groups in total. The Morgan fingerprint density at radius 2 is 2.21 bits per heavy atom. The van der Waals surface area contributed by atoms with E-state index >= 15 is 0 Å². The molecule has 2 atom stereocenters. The van der Waals surface area contributed by atoms with Crippen molar-refractivity contribution in [3.05, 3.63) is 0 Å². The second-order valence-corrected chi connectivity index (χ2v) is 5.99. The van der Waals surface area contributed by atoms with Crippen molar-refractivity contribution in [3.63, 3.8) is 0 Å². The molecule has 1 unspecified atom stereocenters. The first-order chi connectivity index (χ1) is 6.53. The lowest BCUT2D eigenvalue weighted by molar-refractivity contribution is 0.0938. The van der Waals surface area contributed by atoms with Crippen LogP contribution in [0.5, 0.6) is 0 Å². The number of rotatable bonds is 5. The normalized spacial score (nSPS) is 27.7. The maximum Gasteiger partial charge on any atom is 0.150 e. The standard InChI is InChI=1S/C8H17NO4S/c10-5-8(11)4-9-3-7-1-2-14(12,13)6-7/h7-11H,1-6H2/t7?,8-/m0/s1. The molecule has 0 saturated carbocycles. The van der Waals surface area contributed by atoms with Gasteiger partial charge in [0, 0.05) is 6.54 Å². The summed E-state index contributed by atoms with van der Waals surface area (Å²) in [5.74, 6) is 0.683. The van der Waals surface area contributed by atoms with Gasteiger partial charge < -0.3 is 15.5 Å². The van der Waals surface area contributed by atoms with Crippen LogP contribution in [0.1, 0.15) is 6.42 Å². The van der Waals surface area contributed by atoms with E-state index in [2.05, 4.69) is 5.32 Å². The first-order valence-corrected chi connectivity index (χ1v) is 6.55. The third kappa shape index (κ3) is 3.91. The molecule has 0 spiro atoms. The minimum Gasteiger partial charge on any atom is -0.394 e. The van der Waals surface area contributed by atoms with Crippen LogP contribution < -0.4 is 5.32 Å². The van der Waals surface area contributed by atoms with Gasteiger partial charge in [0.15, 0.2) is 9.84 Å². The van der Waals surface area contributed by atoms with Crippen LogP contribution in [0.3, 0.4) is 0 Å². The van der Waals surface area contributed by atoms with E-state index < -0.39 is 15.9 Å². The summed E-state index contributed by atoms with van der Waals surface area (Å²) >= 11 is 0. The molecule has 5 nitrogen and oxygen atoms in total. The van der Waals surface area contributed by atoms with E-state index in [1.165, 1.54) is 0 Å². The number of nitrogens with one attached hydrogen (secondary N) is 1. The highest BCUT2D eigenvalue weighted by atomic mass is 32.2. The molecule has 0 radical (unpaired) electrons. The van der Waals surface area contributed by atoms with Crippen molar-refractivity contribution in [3.8, 4) is 0 Å². The SMILES string of the molecule is O=S1(=O)CCC(CNC[C@H](O)CO)C1. The van der Waals surface area contributed by atoms with E-state index in [0.717, 1.165) is 0 Å². The molecular formula is C8H17NO4S. The second kappa shape index (κ2) is 5.06. The maximum absolute atomic E-state index is 11.1. The summed E-state index contributed by atoms with van der Waals surface area (Å²) in [6, 6.07) is 0. The molecule has 1 rings (SSSR count). The predicted octanol–water partition coefficient (Wildman–Crippen LogP) is -1.64. The van der Waals surface area contributed by atoms with Crippen molar-refractivity contribution >= 4 is 9.84 Å². The third-order valence-electron chi connectivity index (χ3n) is 2.35. The zero-order chi connectivity index (χ0) is 10.6. The molecule has 1 heterocycles. The maximum atomic E-state index is 11.1. The van der Waals surface area contributed by atoms with Crippen LogP contribution in [0.4, 0.5) is 0 Å². The van der Waals surface area contributed by atoms with Crippen molar-refractivity contribution in [1.82, 2.24) is 5.32 Å². The van der Waals surface area contributed by atoms with Gasteiger partial charge >= 0.3 is 0 Å². The van der Waals surface area contributed by atoms with Crippen LogP contribution in [-0.2, 0) is 9.84 Å². The molecule has 1 saturated heterocycles. The lowest BCUT2D eigenvalue weighted by atomic mass is 10.1. The van der Waals surface area contributed by atoms with Crippen LogP contribution in [0.15, 0.2) is 0 Å². The van der Waals surface area contributed by atoms with E-state index in [1.807, 2.05) is 0 Å². The van der Waals surface area contributed by atoms with Crippen LogP contribution >= 0.6 is 0 Å². The van der Waals surface area contributed by atoms with Crippen LogP contribution in [0.2, 0.25) is 0 Å². The Labute approximate surface area is 84.1 Å². The predicted molar refractivity (Wildman–Crippen MR) is 52.7 cm³/mol. The Bertz CT molecular complexity index is 265. The van der Waals surface area contributed by atoms with Crippen LogP contribution in [-0.4, -0.2) is 55.9 Å². The highest BCUT2D eigenvalue weighted by Crippen LogP contribution is 2.17. The molecule has 0 aromatic rings. The number of hydrogen-bond acceptors (Lipinski definition) is 5. The van der Waals surface area contributed by atoms with Gasteiger partial charge in [-0.2, -0.15) is 0 Å².